The molecule has 0 spiro atoms. The van der Waals surface area contributed by atoms with E-state index >= 15 is 0 Å². The van der Waals surface area contributed by atoms with Crippen molar-refractivity contribution in [2.45, 2.75) is 19.4 Å². The van der Waals surface area contributed by atoms with Crippen LogP contribution in [0, 0.1) is 0 Å². The number of para-hydroxylation sites is 1. The zero-order chi connectivity index (χ0) is 19.9. The molecule has 0 aliphatic rings. The number of esters is 1. The van der Waals surface area contributed by atoms with Gasteiger partial charge in [-0.05, 0) is 35.0 Å². The number of likely N-dealkylation sites (N-methyl/N-ethyl adjacent to an activating group) is 1. The van der Waals surface area contributed by atoms with Gasteiger partial charge in [-0.15, -0.1) is 5.10 Å². The number of rotatable bonds is 7. The molecule has 0 bridgehead atoms. The minimum Gasteiger partial charge on any atom is -0.468 e. The Balaban J connectivity index is 1.96. The van der Waals surface area contributed by atoms with E-state index in [9.17, 15) is 9.59 Å². The Bertz CT molecular complexity index is 927. The number of aromatic nitrogens is 4. The van der Waals surface area contributed by atoms with Crippen LogP contribution in [0.25, 0.3) is 0 Å². The van der Waals surface area contributed by atoms with Crippen LogP contribution in [0.3, 0.4) is 0 Å². The second kappa shape index (κ2) is 8.90. The van der Waals surface area contributed by atoms with E-state index in [0.29, 0.717) is 18.8 Å². The Kier molecular flexibility index (Phi) is 6.11. The van der Waals surface area contributed by atoms with Crippen molar-refractivity contribution < 1.29 is 14.3 Å². The molecule has 8 nitrogen and oxygen atoms in total. The molecule has 2 aromatic carbocycles. The van der Waals surface area contributed by atoms with Crippen molar-refractivity contribution in [1.82, 2.24) is 20.2 Å². The largest absolute Gasteiger partial charge is 0.468 e. The lowest BCUT2D eigenvalue weighted by Crippen LogP contribution is -2.40. The van der Waals surface area contributed by atoms with Crippen LogP contribution in [-0.2, 0) is 20.9 Å². The van der Waals surface area contributed by atoms with Gasteiger partial charge in [-0.3, -0.25) is 9.59 Å². The summed E-state index contributed by atoms with van der Waals surface area (Å²) in [6, 6.07) is 18.7. The van der Waals surface area contributed by atoms with E-state index in [2.05, 4.69) is 15.5 Å². The number of ether oxygens (including phenoxy) is 1. The van der Waals surface area contributed by atoms with Crippen LogP contribution in [0.2, 0.25) is 0 Å². The summed E-state index contributed by atoms with van der Waals surface area (Å²) in [5, 5.41) is 11.6. The normalized spacial score (nSPS) is 11.6. The highest BCUT2D eigenvalue weighted by Gasteiger charge is 2.38. The molecule has 3 aromatic rings. The van der Waals surface area contributed by atoms with Crippen LogP contribution in [0.4, 0.5) is 5.69 Å². The van der Waals surface area contributed by atoms with Gasteiger partial charge in [0.05, 0.1) is 13.7 Å². The van der Waals surface area contributed by atoms with Gasteiger partial charge in [0.25, 0.3) is 0 Å². The minimum absolute atomic E-state index is 0.148. The lowest BCUT2D eigenvalue weighted by Gasteiger charge is -2.24. The van der Waals surface area contributed by atoms with Gasteiger partial charge < -0.3 is 9.64 Å². The third-order valence-electron chi connectivity index (χ3n) is 4.33. The van der Waals surface area contributed by atoms with E-state index in [0.717, 1.165) is 5.56 Å². The van der Waals surface area contributed by atoms with E-state index in [1.54, 1.807) is 0 Å². The average Bonchev–Trinajstić information content (AvgIpc) is 3.17. The molecule has 3 rings (SSSR count). The molecule has 0 saturated carbocycles. The van der Waals surface area contributed by atoms with Gasteiger partial charge in [-0.2, -0.15) is 0 Å². The van der Waals surface area contributed by atoms with Crippen molar-refractivity contribution in [3.63, 3.8) is 0 Å². The van der Waals surface area contributed by atoms with Gasteiger partial charge >= 0.3 is 5.97 Å². The summed E-state index contributed by atoms with van der Waals surface area (Å²) in [5.74, 6) is -2.26. The number of carbonyl (C=O) groups excluding carboxylic acids is 2. The molecule has 144 valence electrons. The topological polar surface area (TPSA) is 90.2 Å². The minimum atomic E-state index is -1.26. The maximum atomic E-state index is 13.3. The van der Waals surface area contributed by atoms with Gasteiger partial charge in [0, 0.05) is 12.2 Å². The van der Waals surface area contributed by atoms with Crippen molar-refractivity contribution in [3.05, 3.63) is 72.1 Å². The quantitative estimate of drug-likeness (QED) is 0.461. The van der Waals surface area contributed by atoms with Crippen LogP contribution >= 0.6 is 0 Å². The van der Waals surface area contributed by atoms with Crippen molar-refractivity contribution in [2.24, 2.45) is 0 Å². The Morgan fingerprint density at radius 3 is 2.32 bits per heavy atom. The molecule has 1 atom stereocenters. The van der Waals surface area contributed by atoms with Gasteiger partial charge in [-0.25, -0.2) is 4.68 Å². The number of hydrogen-bond donors (Lipinski definition) is 0. The third kappa shape index (κ3) is 4.06. The third-order valence-corrected chi connectivity index (χ3v) is 4.33. The lowest BCUT2D eigenvalue weighted by atomic mass is 10.1. The van der Waals surface area contributed by atoms with Gasteiger partial charge in [0.2, 0.25) is 5.91 Å². The molecule has 28 heavy (non-hydrogen) atoms. The maximum absolute atomic E-state index is 13.3. The first-order valence-corrected chi connectivity index (χ1v) is 8.90. The SMILES string of the molecule is CCN(C(=O)C(C(=O)OC)c1nnnn1Cc1ccccc1)c1ccccc1. The first-order valence-electron chi connectivity index (χ1n) is 8.90. The summed E-state index contributed by atoms with van der Waals surface area (Å²) in [7, 11) is 1.24. The first-order chi connectivity index (χ1) is 13.7. The van der Waals surface area contributed by atoms with Crippen LogP contribution < -0.4 is 4.90 Å². The van der Waals surface area contributed by atoms with E-state index in [1.807, 2.05) is 67.6 Å². The van der Waals surface area contributed by atoms with Crippen LogP contribution in [0.5, 0.6) is 0 Å². The Labute approximate surface area is 162 Å². The molecule has 0 fully saturated rings. The number of benzene rings is 2. The fraction of sp³-hybridized carbons (Fsp3) is 0.250. The number of hydrogen-bond acceptors (Lipinski definition) is 6. The number of tetrazole rings is 1. The highest BCUT2D eigenvalue weighted by Crippen LogP contribution is 2.23. The molecule has 8 heteroatoms. The number of anilines is 1. The van der Waals surface area contributed by atoms with Crippen molar-refractivity contribution in [1.29, 1.82) is 0 Å². The zero-order valence-electron chi connectivity index (χ0n) is 15.7. The molecule has 1 amide bonds. The average molecular weight is 379 g/mol. The Hall–Kier alpha value is -3.55. The molecule has 1 unspecified atom stereocenters. The molecule has 1 heterocycles. The van der Waals surface area contributed by atoms with E-state index in [1.165, 1.54) is 16.7 Å². The van der Waals surface area contributed by atoms with Crippen LogP contribution in [0.15, 0.2) is 60.7 Å². The highest BCUT2D eigenvalue weighted by molar-refractivity contribution is 6.10. The molecule has 0 N–H and O–H groups in total. The predicted molar refractivity (Wildman–Crippen MR) is 103 cm³/mol. The molecule has 0 aliphatic heterocycles. The second-order valence-electron chi connectivity index (χ2n) is 6.05. The smallest absolute Gasteiger partial charge is 0.326 e. The monoisotopic (exact) mass is 379 g/mol. The van der Waals surface area contributed by atoms with Gasteiger partial charge in [-0.1, -0.05) is 48.5 Å². The van der Waals surface area contributed by atoms with E-state index in [-0.39, 0.29) is 5.82 Å². The number of methoxy groups -OCH3 is 1. The standard InChI is InChI=1S/C20H21N5O3/c1-3-24(16-12-8-5-9-13-16)19(26)17(20(27)28-2)18-21-22-23-25(18)14-15-10-6-4-7-11-15/h4-13,17H,3,14H2,1-2H3. The Morgan fingerprint density at radius 1 is 1.07 bits per heavy atom. The predicted octanol–water partition coefficient (Wildman–Crippen LogP) is 2.03. The fourth-order valence-corrected chi connectivity index (χ4v) is 2.95. The molecule has 0 aliphatic carbocycles. The summed E-state index contributed by atoms with van der Waals surface area (Å²) in [5.41, 5.74) is 1.63. The Morgan fingerprint density at radius 2 is 1.71 bits per heavy atom. The maximum Gasteiger partial charge on any atom is 0.326 e. The van der Waals surface area contributed by atoms with Crippen LogP contribution in [0.1, 0.15) is 24.2 Å². The summed E-state index contributed by atoms with van der Waals surface area (Å²) < 4.78 is 6.35. The molecule has 0 radical (unpaired) electrons. The van der Waals surface area contributed by atoms with E-state index in [4.69, 9.17) is 4.74 Å². The van der Waals surface area contributed by atoms with Gasteiger partial charge in [0.15, 0.2) is 11.7 Å². The molecular formula is C20H21N5O3. The number of nitrogens with zero attached hydrogens (tertiary/aromatic N) is 5. The van der Waals surface area contributed by atoms with E-state index < -0.39 is 17.8 Å². The van der Waals surface area contributed by atoms with Gasteiger partial charge in [0.1, 0.15) is 0 Å². The molecule has 1 aromatic heterocycles. The second-order valence-corrected chi connectivity index (χ2v) is 6.05. The zero-order valence-corrected chi connectivity index (χ0v) is 15.7. The highest BCUT2D eigenvalue weighted by atomic mass is 16.5. The van der Waals surface area contributed by atoms with Crippen LogP contribution in [-0.4, -0.2) is 45.7 Å². The first kappa shape index (κ1) is 19.2. The molecular weight excluding hydrogens is 358 g/mol. The summed E-state index contributed by atoms with van der Waals surface area (Å²) >= 11 is 0. The molecule has 0 saturated heterocycles. The summed E-state index contributed by atoms with van der Waals surface area (Å²) in [6.45, 7) is 2.56. The summed E-state index contributed by atoms with van der Waals surface area (Å²) in [4.78, 5) is 27.3. The fourth-order valence-electron chi connectivity index (χ4n) is 2.95. The van der Waals surface area contributed by atoms with Crippen molar-refractivity contribution >= 4 is 17.6 Å². The number of carbonyl (C=O) groups is 2. The lowest BCUT2D eigenvalue weighted by molar-refractivity contribution is -0.146. The number of amides is 1. The summed E-state index contributed by atoms with van der Waals surface area (Å²) in [6.07, 6.45) is 0. The van der Waals surface area contributed by atoms with Crippen molar-refractivity contribution in [2.75, 3.05) is 18.6 Å². The van der Waals surface area contributed by atoms with Crippen molar-refractivity contribution in [3.8, 4) is 0 Å².